The summed E-state index contributed by atoms with van der Waals surface area (Å²) in [5.74, 6) is -0.376. The van der Waals surface area contributed by atoms with Crippen LogP contribution in [0.25, 0.3) is 0 Å². The Labute approximate surface area is 84.5 Å². The van der Waals surface area contributed by atoms with E-state index in [2.05, 4.69) is 0 Å². The zero-order valence-corrected chi connectivity index (χ0v) is 8.65. The van der Waals surface area contributed by atoms with Crippen LogP contribution in [0.15, 0.2) is 0 Å². The fourth-order valence-electron chi connectivity index (χ4n) is 1.84. The van der Waals surface area contributed by atoms with E-state index in [1.54, 1.807) is 0 Å². The van der Waals surface area contributed by atoms with Crippen molar-refractivity contribution < 1.29 is 15.0 Å². The zero-order valence-electron chi connectivity index (χ0n) is 8.65. The van der Waals surface area contributed by atoms with Crippen molar-refractivity contribution in [1.82, 2.24) is 4.90 Å². The Morgan fingerprint density at radius 3 is 2.57 bits per heavy atom. The van der Waals surface area contributed by atoms with E-state index < -0.39 is 5.97 Å². The van der Waals surface area contributed by atoms with Crippen LogP contribution in [-0.4, -0.2) is 46.8 Å². The number of likely N-dealkylation sites (N-methyl/N-ethyl adjacent to an activating group) is 1. The van der Waals surface area contributed by atoms with Gasteiger partial charge in [-0.3, -0.25) is 9.69 Å². The highest BCUT2D eigenvalue weighted by Crippen LogP contribution is 2.35. The Morgan fingerprint density at radius 2 is 2.21 bits per heavy atom. The average molecular weight is 201 g/mol. The molecule has 2 N–H and O–H groups in total. The lowest BCUT2D eigenvalue weighted by atomic mass is 10.1. The quantitative estimate of drug-likeness (QED) is 0.631. The number of aliphatic carboxylic acids is 1. The number of hydrogen-bond donors (Lipinski definition) is 2. The second-order valence-electron chi connectivity index (χ2n) is 3.83. The lowest BCUT2D eigenvalue weighted by molar-refractivity contribution is -0.144. The molecule has 14 heavy (non-hydrogen) atoms. The first kappa shape index (κ1) is 11.5. The van der Waals surface area contributed by atoms with Crippen LogP contribution in [0, 0.1) is 5.92 Å². The van der Waals surface area contributed by atoms with Gasteiger partial charge in [0.05, 0.1) is 0 Å². The molecule has 1 aliphatic rings. The highest BCUT2D eigenvalue weighted by molar-refractivity contribution is 5.74. The summed E-state index contributed by atoms with van der Waals surface area (Å²) in [7, 11) is 0. The molecular formula is C10H19NO3. The summed E-state index contributed by atoms with van der Waals surface area (Å²) in [6, 6.07) is -0.327. The minimum absolute atomic E-state index is 0.132. The molecule has 1 atom stereocenters. The minimum atomic E-state index is -0.715. The average Bonchev–Trinajstić information content (AvgIpc) is 2.94. The van der Waals surface area contributed by atoms with E-state index in [0.29, 0.717) is 18.9 Å². The number of rotatable bonds is 7. The molecule has 4 heteroatoms. The first-order chi connectivity index (χ1) is 6.70. The highest BCUT2D eigenvalue weighted by atomic mass is 16.4. The molecule has 1 aliphatic carbocycles. The maximum absolute atomic E-state index is 11.0. The maximum Gasteiger partial charge on any atom is 0.321 e. The summed E-state index contributed by atoms with van der Waals surface area (Å²) in [4.78, 5) is 13.0. The van der Waals surface area contributed by atoms with Gasteiger partial charge in [0.2, 0.25) is 0 Å². The predicted molar refractivity (Wildman–Crippen MR) is 53.1 cm³/mol. The van der Waals surface area contributed by atoms with Crippen LogP contribution in [0.5, 0.6) is 0 Å². The highest BCUT2D eigenvalue weighted by Gasteiger charge is 2.39. The van der Waals surface area contributed by atoms with Crippen molar-refractivity contribution in [3.05, 3.63) is 0 Å². The molecule has 0 saturated heterocycles. The Balaban J connectivity index is 2.48. The van der Waals surface area contributed by atoms with Crippen molar-refractivity contribution in [3.8, 4) is 0 Å². The van der Waals surface area contributed by atoms with Crippen LogP contribution in [0.2, 0.25) is 0 Å². The number of carboxylic acids is 1. The normalized spacial score (nSPS) is 18.5. The lowest BCUT2D eigenvalue weighted by Gasteiger charge is -2.27. The van der Waals surface area contributed by atoms with Crippen molar-refractivity contribution in [1.29, 1.82) is 0 Å². The van der Waals surface area contributed by atoms with Crippen LogP contribution < -0.4 is 0 Å². The molecule has 0 spiro atoms. The summed E-state index contributed by atoms with van der Waals surface area (Å²) in [5, 5.41) is 17.8. The smallest absolute Gasteiger partial charge is 0.321 e. The van der Waals surface area contributed by atoms with Gasteiger partial charge < -0.3 is 10.2 Å². The zero-order chi connectivity index (χ0) is 10.6. The van der Waals surface area contributed by atoms with E-state index in [0.717, 1.165) is 19.4 Å². The van der Waals surface area contributed by atoms with Crippen LogP contribution in [0.3, 0.4) is 0 Å². The second kappa shape index (κ2) is 5.32. The van der Waals surface area contributed by atoms with Gasteiger partial charge in [0.25, 0.3) is 0 Å². The van der Waals surface area contributed by atoms with Gasteiger partial charge in [0.1, 0.15) is 6.04 Å². The first-order valence-electron chi connectivity index (χ1n) is 5.28. The third-order valence-corrected chi connectivity index (χ3v) is 2.72. The maximum atomic E-state index is 11.0. The number of aliphatic hydroxyl groups is 1. The molecule has 0 aromatic rings. The molecule has 1 rings (SSSR count). The van der Waals surface area contributed by atoms with Crippen LogP contribution >= 0.6 is 0 Å². The van der Waals surface area contributed by atoms with Gasteiger partial charge in [-0.05, 0) is 31.7 Å². The second-order valence-corrected chi connectivity index (χ2v) is 3.83. The van der Waals surface area contributed by atoms with Gasteiger partial charge in [-0.25, -0.2) is 0 Å². The summed E-state index contributed by atoms with van der Waals surface area (Å²) in [5.41, 5.74) is 0. The Morgan fingerprint density at radius 1 is 1.57 bits per heavy atom. The molecule has 0 aromatic heterocycles. The van der Waals surface area contributed by atoms with Crippen LogP contribution in [0.1, 0.15) is 26.2 Å². The number of hydrogen-bond acceptors (Lipinski definition) is 3. The monoisotopic (exact) mass is 201 g/mol. The predicted octanol–water partition coefficient (Wildman–Crippen LogP) is 0.554. The van der Waals surface area contributed by atoms with E-state index >= 15 is 0 Å². The first-order valence-corrected chi connectivity index (χ1v) is 5.28. The van der Waals surface area contributed by atoms with Gasteiger partial charge in [0, 0.05) is 13.2 Å². The van der Waals surface area contributed by atoms with Gasteiger partial charge in [-0.15, -0.1) is 0 Å². The Kier molecular flexibility index (Phi) is 4.35. The molecule has 1 saturated carbocycles. The van der Waals surface area contributed by atoms with Gasteiger partial charge in [-0.1, -0.05) is 6.92 Å². The lowest BCUT2D eigenvalue weighted by Crippen LogP contribution is -2.43. The number of carbonyl (C=O) groups is 1. The van der Waals surface area contributed by atoms with Crippen LogP contribution in [0.4, 0.5) is 0 Å². The van der Waals surface area contributed by atoms with Crippen molar-refractivity contribution in [2.75, 3.05) is 19.7 Å². The minimum Gasteiger partial charge on any atom is -0.480 e. The Hall–Kier alpha value is -0.610. The van der Waals surface area contributed by atoms with E-state index in [1.165, 1.54) is 0 Å². The van der Waals surface area contributed by atoms with Crippen LogP contribution in [-0.2, 0) is 4.79 Å². The van der Waals surface area contributed by atoms with E-state index in [9.17, 15) is 4.79 Å². The molecule has 82 valence electrons. The van der Waals surface area contributed by atoms with E-state index in [1.807, 2.05) is 11.8 Å². The van der Waals surface area contributed by atoms with Crippen molar-refractivity contribution >= 4 is 5.97 Å². The molecule has 0 aromatic carbocycles. The number of carboxylic acid groups (broad SMARTS) is 1. The standard InChI is InChI=1S/C10H19NO3/c1-2-11(6-3-7-12)9(10(13)14)8-4-5-8/h8-9,12H,2-7H2,1H3,(H,13,14). The van der Waals surface area contributed by atoms with Gasteiger partial charge in [0.15, 0.2) is 0 Å². The topological polar surface area (TPSA) is 60.8 Å². The summed E-state index contributed by atoms with van der Waals surface area (Å²) in [6.07, 6.45) is 2.73. The molecule has 0 aliphatic heterocycles. The van der Waals surface area contributed by atoms with E-state index in [-0.39, 0.29) is 12.6 Å². The molecule has 0 radical (unpaired) electrons. The molecule has 0 heterocycles. The third-order valence-electron chi connectivity index (χ3n) is 2.72. The van der Waals surface area contributed by atoms with E-state index in [4.69, 9.17) is 10.2 Å². The Bertz CT molecular complexity index is 192. The van der Waals surface area contributed by atoms with Crippen molar-refractivity contribution in [2.45, 2.75) is 32.2 Å². The van der Waals surface area contributed by atoms with Crippen molar-refractivity contribution in [2.24, 2.45) is 5.92 Å². The van der Waals surface area contributed by atoms with Gasteiger partial charge in [-0.2, -0.15) is 0 Å². The number of nitrogens with zero attached hydrogens (tertiary/aromatic N) is 1. The third kappa shape index (κ3) is 2.96. The summed E-state index contributed by atoms with van der Waals surface area (Å²) < 4.78 is 0. The fraction of sp³-hybridized carbons (Fsp3) is 0.900. The molecule has 0 bridgehead atoms. The molecule has 1 fully saturated rings. The molecule has 1 unspecified atom stereocenters. The SMILES string of the molecule is CCN(CCCO)C(C(=O)O)C1CC1. The van der Waals surface area contributed by atoms with Crippen molar-refractivity contribution in [3.63, 3.8) is 0 Å². The summed E-state index contributed by atoms with van der Waals surface area (Å²) in [6.45, 7) is 3.52. The fourth-order valence-corrected chi connectivity index (χ4v) is 1.84. The molecule has 0 amide bonds. The largest absolute Gasteiger partial charge is 0.480 e. The van der Waals surface area contributed by atoms with Gasteiger partial charge >= 0.3 is 5.97 Å². The molecule has 4 nitrogen and oxygen atoms in total. The number of aliphatic hydroxyl groups excluding tert-OH is 1. The molecular weight excluding hydrogens is 182 g/mol. The summed E-state index contributed by atoms with van der Waals surface area (Å²) >= 11 is 0.